The van der Waals surface area contributed by atoms with Crippen molar-refractivity contribution in [2.24, 2.45) is 7.05 Å². The van der Waals surface area contributed by atoms with Crippen LogP contribution < -0.4 is 31.9 Å². The van der Waals surface area contributed by atoms with Gasteiger partial charge in [0.15, 0.2) is 105 Å². The minimum absolute atomic E-state index is 0.0193. The van der Waals surface area contributed by atoms with Gasteiger partial charge in [-0.25, -0.2) is 58.0 Å². The van der Waals surface area contributed by atoms with Gasteiger partial charge in [0.05, 0.1) is 156 Å². The second kappa shape index (κ2) is 40.9. The predicted molar refractivity (Wildman–Crippen MR) is 557 cm³/mol. The molecule has 47 nitrogen and oxygen atoms in total. The summed E-state index contributed by atoms with van der Waals surface area (Å²) in [5.74, 6) is 5.19. The molecular formula is C93H78Cl6N44O3. The SMILES string of the molecule is C=C(O)Cn1nc(Cl)c2cc(Nc3n[nH]c4cccnc34)cnc21.CC(C)n1nc(Cl)c2cc(Nc3n[nH]c4cccnc34)cnc21.CCCCn1nc(Cl)c2cc(Nc3n[nH]c4cccnc34)cnc21.Cc1cc(Cn2nc(Cl)c3cc(Nc4n[nH]c5cccnc45)cnc32)no1.Cc1cc(Cn2nc(Cl)c3cc(Nc4n[nH]c5cccnc45)cnc32)on1.Cn1nc(Cl)c2cc(Nc3n[nH]c4cccnc34)cnc21. The average Bonchev–Trinajstić information content (AvgIpc) is 1.68. The highest BCUT2D eigenvalue weighted by atomic mass is 35.5. The molecule has 26 rings (SSSR count). The summed E-state index contributed by atoms with van der Waals surface area (Å²) in [6.07, 6.45) is 22.7. The number of hydrogen-bond acceptors (Lipinski definition) is 35. The zero-order chi connectivity index (χ0) is 100. The molecule has 0 aliphatic rings. The Morgan fingerprint density at radius 1 is 0.370 bits per heavy atom. The van der Waals surface area contributed by atoms with Gasteiger partial charge in [0.25, 0.3) is 0 Å². The number of hydrogen-bond donors (Lipinski definition) is 13. The third-order valence-corrected chi connectivity index (χ3v) is 24.0. The summed E-state index contributed by atoms with van der Waals surface area (Å²) in [6, 6.07) is 37.8. The quantitative estimate of drug-likeness (QED) is 0.0280. The first-order chi connectivity index (χ1) is 71.1. The van der Waals surface area contributed by atoms with E-state index in [1.807, 2.05) is 158 Å². The van der Waals surface area contributed by atoms with E-state index < -0.39 is 0 Å². The molecule has 0 aliphatic heterocycles. The lowest BCUT2D eigenvalue weighted by molar-refractivity contribution is 0.369. The van der Waals surface area contributed by atoms with Crippen LogP contribution in [-0.2, 0) is 33.2 Å². The van der Waals surface area contributed by atoms with E-state index in [1.54, 1.807) is 95.5 Å². The Balaban J connectivity index is 0.000000103. The number of fused-ring (bicyclic) bond motifs is 12. The summed E-state index contributed by atoms with van der Waals surface area (Å²) in [7, 11) is 1.81. The molecule has 0 atom stereocenters. The van der Waals surface area contributed by atoms with Crippen molar-refractivity contribution < 1.29 is 14.2 Å². The van der Waals surface area contributed by atoms with Gasteiger partial charge in [-0.1, -0.05) is 99.8 Å². The molecule has 0 unspecified atom stereocenters. The van der Waals surface area contributed by atoms with E-state index in [0.717, 1.165) is 175 Å². The van der Waals surface area contributed by atoms with Crippen molar-refractivity contribution in [1.29, 1.82) is 0 Å². The lowest BCUT2D eigenvalue weighted by Crippen LogP contribution is -2.03. The Labute approximate surface area is 850 Å². The molecule has 13 N–H and O–H groups in total. The number of aryl methyl sites for hydroxylation is 4. The highest BCUT2D eigenvalue weighted by Gasteiger charge is 2.23. The van der Waals surface area contributed by atoms with Gasteiger partial charge >= 0.3 is 0 Å². The molecule has 730 valence electrons. The van der Waals surface area contributed by atoms with Crippen molar-refractivity contribution >= 4 is 271 Å². The fraction of sp³-hybridized carbons (Fsp3) is 0.140. The van der Waals surface area contributed by atoms with Gasteiger partial charge in [0, 0.05) is 68.9 Å². The van der Waals surface area contributed by atoms with Crippen LogP contribution in [0.4, 0.5) is 69.0 Å². The lowest BCUT2D eigenvalue weighted by Gasteiger charge is -2.06. The third kappa shape index (κ3) is 19.9. The standard InChI is InChI=1S/2C17H13ClN8O.C16H16ClN7.C15H12ClN7O.C15H14ClN7.C13H10ClN7/c1-9-5-11(25-27-9)8-26-17-12(15(18)24-26)6-10(7-20-17)21-16-14-13(22-23-16)3-2-4-19-14;1-9-5-11(27-25-9)8-26-17-12(15(18)24-26)6-10(7-20-17)21-16-14-13(22-23-16)3-2-4-19-14;1-2-3-7-24-16-11(14(17)23-24)8-10(9-19-16)20-15-13-12(21-22-15)5-4-6-18-13;1-8(24)7-23-15-10(13(16)22-23)5-9(6-18-15)19-14-12-11(20-21-14)3-2-4-17-12;1-8(2)23-15-10(13(16)22-23)6-9(7-18-15)19-14-12-11(20-21-14)4-3-5-17-12;1-21-13-8(11(14)20-21)5-7(6-16-13)17-12-10-9(18-19-12)3-2-4-15-10/h2*2-7H,8H2,1H3,(H2,21,22,23);4-6,8-9H,2-3,7H2,1H3,(H2,20,21,22);2-6,24H,1,7H2,(H2,19,20,21);3-8H,1-2H3,(H2,19,20,21);2-6H,1H3,(H2,17,18,19). The summed E-state index contributed by atoms with van der Waals surface area (Å²) < 4.78 is 20.5. The Bertz CT molecular complexity index is 9090. The van der Waals surface area contributed by atoms with Crippen molar-refractivity contribution in [3.05, 3.63) is 262 Å². The van der Waals surface area contributed by atoms with Gasteiger partial charge in [0.1, 0.15) is 56.9 Å². The van der Waals surface area contributed by atoms with Gasteiger partial charge in [-0.15, -0.1) is 0 Å². The van der Waals surface area contributed by atoms with Crippen molar-refractivity contribution in [3.63, 3.8) is 0 Å². The smallest absolute Gasteiger partial charge is 0.178 e. The first-order valence-corrected chi connectivity index (χ1v) is 47.0. The molecule has 26 aromatic heterocycles. The normalized spacial score (nSPS) is 11.4. The molecule has 26 aromatic rings. The number of nitrogens with one attached hydrogen (secondary N) is 12. The molecule has 0 saturated heterocycles. The molecule has 0 amide bonds. The summed E-state index contributed by atoms with van der Waals surface area (Å²) in [6.45, 7) is 15.2. The summed E-state index contributed by atoms with van der Waals surface area (Å²) in [4.78, 5) is 52.6. The number of aliphatic hydroxyl groups excluding tert-OH is 1. The number of allylic oxidation sites excluding steroid dienone is 1. The number of pyridine rings is 12. The Kier molecular flexibility index (Phi) is 26.4. The van der Waals surface area contributed by atoms with Crippen LogP contribution in [0.2, 0.25) is 30.9 Å². The third-order valence-electron chi connectivity index (χ3n) is 22.3. The number of anilines is 12. The molecule has 0 spiro atoms. The van der Waals surface area contributed by atoms with Gasteiger partial charge in [0.2, 0.25) is 0 Å². The number of halogens is 6. The number of nitrogens with zero attached hydrogens (tertiary/aromatic N) is 32. The van der Waals surface area contributed by atoms with Gasteiger partial charge in [-0.2, -0.15) is 61.2 Å². The largest absolute Gasteiger partial charge is 0.511 e. The molecule has 0 fully saturated rings. The Hall–Kier alpha value is -18.1. The molecular weight excluding hydrogens is 1990 g/mol. The minimum Gasteiger partial charge on any atom is -0.511 e. The van der Waals surface area contributed by atoms with E-state index in [9.17, 15) is 5.11 Å². The first-order valence-electron chi connectivity index (χ1n) is 44.8. The van der Waals surface area contributed by atoms with E-state index in [1.165, 1.54) is 4.68 Å². The van der Waals surface area contributed by atoms with Crippen molar-refractivity contribution in [2.75, 3.05) is 31.9 Å². The van der Waals surface area contributed by atoms with Gasteiger partial charge in [-0.3, -0.25) is 60.5 Å². The maximum Gasteiger partial charge on any atom is 0.178 e. The fourth-order valence-electron chi connectivity index (χ4n) is 15.7. The van der Waals surface area contributed by atoms with Crippen LogP contribution in [0.15, 0.2) is 217 Å². The first kappa shape index (κ1) is 94.2. The molecule has 0 aliphatic carbocycles. The zero-order valence-corrected chi connectivity index (χ0v) is 81.9. The van der Waals surface area contributed by atoms with E-state index in [4.69, 9.17) is 78.7 Å². The van der Waals surface area contributed by atoms with Crippen LogP contribution in [0.5, 0.6) is 0 Å². The van der Waals surface area contributed by atoms with Crippen LogP contribution in [-0.4, -0.2) is 195 Å². The van der Waals surface area contributed by atoms with Gasteiger partial charge in [-0.05, 0) is 143 Å². The lowest BCUT2D eigenvalue weighted by atomic mass is 10.3. The second-order valence-electron chi connectivity index (χ2n) is 33.0. The van der Waals surface area contributed by atoms with E-state index in [0.29, 0.717) is 113 Å². The molecule has 146 heavy (non-hydrogen) atoms. The molecule has 0 saturated carbocycles. The van der Waals surface area contributed by atoms with Crippen LogP contribution in [0.25, 0.3) is 132 Å². The average molecular weight is 2070 g/mol. The fourth-order valence-corrected chi connectivity index (χ4v) is 17.1. The predicted octanol–water partition coefficient (Wildman–Crippen LogP) is 20.3. The molecule has 0 bridgehead atoms. The molecule has 0 radical (unpaired) electrons. The Morgan fingerprint density at radius 3 is 1.01 bits per heavy atom. The highest BCUT2D eigenvalue weighted by Crippen LogP contribution is 2.37. The Morgan fingerprint density at radius 2 is 0.678 bits per heavy atom. The summed E-state index contributed by atoms with van der Waals surface area (Å²) in [5.41, 5.74) is 20.0. The minimum atomic E-state index is -0.0193. The summed E-state index contributed by atoms with van der Waals surface area (Å²) in [5, 5.41) is 112. The molecule has 53 heteroatoms. The summed E-state index contributed by atoms with van der Waals surface area (Å²) >= 11 is 37.4. The van der Waals surface area contributed by atoms with Crippen LogP contribution in [0.3, 0.4) is 0 Å². The van der Waals surface area contributed by atoms with Gasteiger partial charge < -0.3 is 46.1 Å². The highest BCUT2D eigenvalue weighted by molar-refractivity contribution is 6.36. The molecule has 0 aromatic carbocycles. The van der Waals surface area contributed by atoms with Crippen LogP contribution >= 0.6 is 69.6 Å². The van der Waals surface area contributed by atoms with Crippen LogP contribution in [0, 0.1) is 13.8 Å². The van der Waals surface area contributed by atoms with E-state index >= 15 is 0 Å². The maximum atomic E-state index is 9.34. The number of rotatable bonds is 22. The number of aromatic nitrogens is 38. The monoisotopic (exact) mass is 2070 g/mol. The van der Waals surface area contributed by atoms with Crippen molar-refractivity contribution in [3.8, 4) is 0 Å². The number of H-pyrrole nitrogens is 6. The number of unbranched alkanes of at least 4 members (excludes halogenated alkanes) is 1. The van der Waals surface area contributed by atoms with Crippen LogP contribution in [0.1, 0.15) is 62.6 Å². The number of aromatic amines is 6. The van der Waals surface area contributed by atoms with E-state index in [2.05, 4.69) is 207 Å². The second-order valence-corrected chi connectivity index (χ2v) is 35.2. The zero-order valence-electron chi connectivity index (χ0n) is 77.3. The maximum absolute atomic E-state index is 9.34. The van der Waals surface area contributed by atoms with Crippen molar-refractivity contribution in [1.82, 2.24) is 190 Å². The van der Waals surface area contributed by atoms with Crippen molar-refractivity contribution in [2.45, 2.75) is 79.7 Å². The number of aliphatic hydroxyl groups is 1. The van der Waals surface area contributed by atoms with E-state index in [-0.39, 0.29) is 18.3 Å². The molecule has 26 heterocycles. The topological polar surface area (TPSA) is 578 Å².